The molecule has 0 amide bonds. The first-order valence-corrected chi connectivity index (χ1v) is 11.0. The summed E-state index contributed by atoms with van der Waals surface area (Å²) in [6.45, 7) is 4.40. The summed E-state index contributed by atoms with van der Waals surface area (Å²) in [6, 6.07) is 12.0. The number of benzene rings is 2. The molecule has 2 aromatic carbocycles. The van der Waals surface area contributed by atoms with Crippen molar-refractivity contribution in [3.05, 3.63) is 59.7 Å². The Morgan fingerprint density at radius 3 is 2.50 bits per heavy atom. The molecule has 5 rings (SSSR count). The van der Waals surface area contributed by atoms with Crippen molar-refractivity contribution in [2.45, 2.75) is 43.9 Å². The molecule has 0 aromatic heterocycles. The number of fused-ring (bicyclic) bond motifs is 3. The molecule has 0 bridgehead atoms. The quantitative estimate of drug-likeness (QED) is 0.633. The summed E-state index contributed by atoms with van der Waals surface area (Å²) in [5.41, 5.74) is 3.10. The van der Waals surface area contributed by atoms with Crippen LogP contribution in [0, 0.1) is 11.6 Å². The zero-order chi connectivity index (χ0) is 20.5. The van der Waals surface area contributed by atoms with Crippen LogP contribution in [0.15, 0.2) is 42.5 Å². The first kappa shape index (κ1) is 19.9. The van der Waals surface area contributed by atoms with Crippen LogP contribution in [0.2, 0.25) is 0 Å². The molecular weight excluding hydrogens is 386 g/mol. The lowest BCUT2D eigenvalue weighted by Crippen LogP contribution is -2.45. The molecule has 3 aliphatic heterocycles. The average molecular weight is 414 g/mol. The lowest BCUT2D eigenvalue weighted by atomic mass is 9.89. The number of halogens is 2. The number of piperidine rings is 1. The zero-order valence-corrected chi connectivity index (χ0v) is 17.1. The first-order valence-electron chi connectivity index (χ1n) is 11.0. The number of nitrogens with zero attached hydrogens (tertiary/aromatic N) is 2. The molecule has 30 heavy (non-hydrogen) atoms. The summed E-state index contributed by atoms with van der Waals surface area (Å²) in [4.78, 5) is 4.78. The number of hydrogen-bond acceptors (Lipinski definition) is 4. The van der Waals surface area contributed by atoms with Crippen molar-refractivity contribution in [3.63, 3.8) is 0 Å². The molecule has 0 radical (unpaired) electrons. The molecule has 0 aliphatic carbocycles. The molecule has 0 spiro atoms. The van der Waals surface area contributed by atoms with E-state index in [9.17, 15) is 8.78 Å². The zero-order valence-electron chi connectivity index (χ0n) is 17.1. The molecule has 0 N–H and O–H groups in total. The number of rotatable bonds is 6. The molecule has 4 nitrogen and oxygen atoms in total. The van der Waals surface area contributed by atoms with Gasteiger partial charge in [-0.05, 0) is 80.3 Å². The molecule has 6 heteroatoms. The summed E-state index contributed by atoms with van der Waals surface area (Å²) in [5, 5.41) is 0. The van der Waals surface area contributed by atoms with E-state index in [0.29, 0.717) is 13.2 Å². The smallest absolute Gasteiger partial charge is 0.157 e. The normalized spacial score (nSPS) is 24.3. The van der Waals surface area contributed by atoms with E-state index in [1.54, 1.807) is 6.07 Å². The number of hydrogen-bond donors (Lipinski definition) is 0. The van der Waals surface area contributed by atoms with Crippen molar-refractivity contribution in [1.82, 2.24) is 4.90 Å². The minimum absolute atomic E-state index is 0.0234. The number of ether oxygens (including phenoxy) is 2. The average Bonchev–Trinajstić information content (AvgIpc) is 3.38. The van der Waals surface area contributed by atoms with Gasteiger partial charge in [-0.25, -0.2) is 8.78 Å². The Labute approximate surface area is 176 Å². The van der Waals surface area contributed by atoms with Gasteiger partial charge in [0.15, 0.2) is 6.29 Å². The summed E-state index contributed by atoms with van der Waals surface area (Å²) >= 11 is 0. The Hall–Kier alpha value is -2.02. The van der Waals surface area contributed by atoms with Gasteiger partial charge in [-0.2, -0.15) is 0 Å². The molecule has 3 aliphatic rings. The van der Waals surface area contributed by atoms with Crippen LogP contribution in [-0.4, -0.2) is 50.1 Å². The maximum Gasteiger partial charge on any atom is 0.157 e. The first-order chi connectivity index (χ1) is 14.7. The Kier molecular flexibility index (Phi) is 5.72. The van der Waals surface area contributed by atoms with Crippen molar-refractivity contribution in [1.29, 1.82) is 0 Å². The van der Waals surface area contributed by atoms with Crippen LogP contribution in [-0.2, 0) is 9.47 Å². The van der Waals surface area contributed by atoms with Gasteiger partial charge < -0.3 is 19.3 Å². The third-order valence-corrected chi connectivity index (χ3v) is 6.60. The van der Waals surface area contributed by atoms with Crippen molar-refractivity contribution in [3.8, 4) is 0 Å². The predicted octanol–water partition coefficient (Wildman–Crippen LogP) is 4.82. The summed E-state index contributed by atoms with van der Waals surface area (Å²) < 4.78 is 38.6. The van der Waals surface area contributed by atoms with Crippen molar-refractivity contribution < 1.29 is 18.3 Å². The topological polar surface area (TPSA) is 24.9 Å². The van der Waals surface area contributed by atoms with Crippen LogP contribution >= 0.6 is 0 Å². The largest absolute Gasteiger partial charge is 0.350 e. The van der Waals surface area contributed by atoms with Crippen LogP contribution in [0.3, 0.4) is 0 Å². The number of unbranched alkanes of at least 4 members (excludes halogenated alkanes) is 1. The predicted molar refractivity (Wildman–Crippen MR) is 112 cm³/mol. The molecule has 0 saturated carbocycles. The highest BCUT2D eigenvalue weighted by Crippen LogP contribution is 2.48. The highest BCUT2D eigenvalue weighted by atomic mass is 19.1. The van der Waals surface area contributed by atoms with E-state index in [1.807, 2.05) is 18.2 Å². The van der Waals surface area contributed by atoms with Gasteiger partial charge in [-0.1, -0.05) is 0 Å². The van der Waals surface area contributed by atoms with Crippen molar-refractivity contribution in [2.24, 2.45) is 0 Å². The summed E-state index contributed by atoms with van der Waals surface area (Å²) in [7, 11) is 0. The van der Waals surface area contributed by atoms with Crippen LogP contribution in [0.25, 0.3) is 0 Å². The maximum absolute atomic E-state index is 14.1. The Morgan fingerprint density at radius 1 is 0.933 bits per heavy atom. The van der Waals surface area contributed by atoms with E-state index >= 15 is 0 Å². The van der Waals surface area contributed by atoms with E-state index in [0.717, 1.165) is 62.3 Å². The third kappa shape index (κ3) is 3.96. The lowest BCUT2D eigenvalue weighted by Gasteiger charge is -2.39. The van der Waals surface area contributed by atoms with Gasteiger partial charge in [0.25, 0.3) is 0 Å². The Balaban J connectivity index is 1.28. The second kappa shape index (κ2) is 8.61. The molecule has 2 unspecified atom stereocenters. The molecule has 2 atom stereocenters. The van der Waals surface area contributed by atoms with E-state index in [-0.39, 0.29) is 29.9 Å². The third-order valence-electron chi connectivity index (χ3n) is 6.60. The lowest BCUT2D eigenvalue weighted by molar-refractivity contribution is -0.0482. The Bertz CT molecular complexity index is 870. The minimum atomic E-state index is -0.239. The van der Waals surface area contributed by atoms with Gasteiger partial charge in [0.2, 0.25) is 0 Å². The van der Waals surface area contributed by atoms with Gasteiger partial charge in [0, 0.05) is 36.4 Å². The fourth-order valence-corrected chi connectivity index (χ4v) is 5.20. The van der Waals surface area contributed by atoms with Gasteiger partial charge in [0.05, 0.1) is 13.2 Å². The van der Waals surface area contributed by atoms with Crippen LogP contribution < -0.4 is 4.90 Å². The summed E-state index contributed by atoms with van der Waals surface area (Å²) in [6.07, 6.45) is 4.13. The highest BCUT2D eigenvalue weighted by molar-refractivity contribution is 5.73. The fourth-order valence-electron chi connectivity index (χ4n) is 5.20. The van der Waals surface area contributed by atoms with E-state index in [4.69, 9.17) is 9.47 Å². The Morgan fingerprint density at radius 2 is 1.70 bits per heavy atom. The van der Waals surface area contributed by atoms with Gasteiger partial charge >= 0.3 is 0 Å². The number of anilines is 2. The second-order valence-corrected chi connectivity index (χ2v) is 8.48. The standard InChI is InChI=1S/C24H28F2N2O2/c25-17-4-7-19(8-5-17)28-22-9-6-18(26)15-20(22)21-16-27(12-10-23(21)28)11-2-1-3-24-29-13-14-30-24/h4-9,15,21,23-24H,1-3,10-14,16H2. The van der Waals surface area contributed by atoms with Gasteiger partial charge in [-0.15, -0.1) is 0 Å². The molecule has 2 aromatic rings. The molecule has 160 valence electrons. The van der Waals surface area contributed by atoms with Crippen LogP contribution in [0.4, 0.5) is 20.2 Å². The molecule has 2 fully saturated rings. The molecule has 3 heterocycles. The van der Waals surface area contributed by atoms with Crippen molar-refractivity contribution in [2.75, 3.05) is 37.7 Å². The van der Waals surface area contributed by atoms with Crippen LogP contribution in [0.1, 0.15) is 37.2 Å². The maximum atomic E-state index is 14.1. The molecule has 2 saturated heterocycles. The van der Waals surface area contributed by atoms with E-state index in [2.05, 4.69) is 9.80 Å². The summed E-state index contributed by atoms with van der Waals surface area (Å²) in [5.74, 6) is -0.171. The van der Waals surface area contributed by atoms with Crippen LogP contribution in [0.5, 0.6) is 0 Å². The SMILES string of the molecule is Fc1ccc(N2c3ccc(F)cc3C3CN(CCCCC4OCCO4)CCC32)cc1. The van der Waals surface area contributed by atoms with Gasteiger partial charge in [0.1, 0.15) is 11.6 Å². The number of likely N-dealkylation sites (tertiary alicyclic amines) is 1. The monoisotopic (exact) mass is 414 g/mol. The highest BCUT2D eigenvalue weighted by Gasteiger charge is 2.42. The van der Waals surface area contributed by atoms with Gasteiger partial charge in [-0.3, -0.25) is 0 Å². The van der Waals surface area contributed by atoms with Crippen molar-refractivity contribution >= 4 is 11.4 Å². The van der Waals surface area contributed by atoms with E-state index in [1.165, 1.54) is 18.2 Å². The fraction of sp³-hybridized carbons (Fsp3) is 0.500. The second-order valence-electron chi connectivity index (χ2n) is 8.48. The minimum Gasteiger partial charge on any atom is -0.350 e. The molecular formula is C24H28F2N2O2. The van der Waals surface area contributed by atoms with E-state index < -0.39 is 0 Å².